The molecule has 114 valence electrons. The summed E-state index contributed by atoms with van der Waals surface area (Å²) in [4.78, 5) is 0. The molecule has 0 aliphatic rings. The van der Waals surface area contributed by atoms with Gasteiger partial charge in [0.15, 0.2) is 5.05 Å². The second-order valence-corrected chi connectivity index (χ2v) is 7.08. The first kappa shape index (κ1) is 19.0. The first-order valence-electron chi connectivity index (χ1n) is 7.13. The Hall–Kier alpha value is -0.0131. The number of thiocarbonyl (C=S) groups is 1. The highest BCUT2D eigenvalue weighted by Crippen LogP contribution is 2.16. The fourth-order valence-corrected chi connectivity index (χ4v) is 3.91. The van der Waals surface area contributed by atoms with Crippen molar-refractivity contribution in [2.75, 3.05) is 19.8 Å². The summed E-state index contributed by atoms with van der Waals surface area (Å²) in [6, 6.07) is 0. The molecule has 0 N–H and O–H groups in total. The molecule has 4 nitrogen and oxygen atoms in total. The van der Waals surface area contributed by atoms with Crippen LogP contribution in [0.25, 0.3) is 0 Å². The highest BCUT2D eigenvalue weighted by atomic mass is 32.1. The standard InChI is InChI=1S/C13H28O4SSi/c1-6-14-19(15-7-2,16-8-3)17-13(18)11-9-10-12(4)5/h12H,6-11H2,1-5H3. The van der Waals surface area contributed by atoms with Gasteiger partial charge in [-0.2, -0.15) is 0 Å². The van der Waals surface area contributed by atoms with Crippen LogP contribution in [0.2, 0.25) is 0 Å². The van der Waals surface area contributed by atoms with E-state index in [1.54, 1.807) is 0 Å². The van der Waals surface area contributed by atoms with Crippen molar-refractivity contribution < 1.29 is 17.7 Å². The monoisotopic (exact) mass is 308 g/mol. The van der Waals surface area contributed by atoms with Crippen LogP contribution >= 0.6 is 12.2 Å². The van der Waals surface area contributed by atoms with Gasteiger partial charge in [0.25, 0.3) is 0 Å². The average Bonchev–Trinajstić information content (AvgIpc) is 2.29. The van der Waals surface area contributed by atoms with Crippen molar-refractivity contribution >= 4 is 26.3 Å². The smallest absolute Gasteiger partial charge is 0.474 e. The highest BCUT2D eigenvalue weighted by Gasteiger charge is 2.48. The average molecular weight is 309 g/mol. The lowest BCUT2D eigenvalue weighted by Gasteiger charge is -2.27. The summed E-state index contributed by atoms with van der Waals surface area (Å²) < 4.78 is 22.5. The summed E-state index contributed by atoms with van der Waals surface area (Å²) in [7, 11) is -3.08. The van der Waals surface area contributed by atoms with Gasteiger partial charge in [-0.25, -0.2) is 0 Å². The minimum absolute atomic E-state index is 0.487. The van der Waals surface area contributed by atoms with E-state index in [9.17, 15) is 0 Å². The minimum Gasteiger partial charge on any atom is -0.474 e. The highest BCUT2D eigenvalue weighted by molar-refractivity contribution is 7.80. The van der Waals surface area contributed by atoms with Gasteiger partial charge < -0.3 is 17.7 Å². The fourth-order valence-electron chi connectivity index (χ4n) is 1.59. The Labute approximate surface area is 124 Å². The van der Waals surface area contributed by atoms with Gasteiger partial charge in [-0.15, -0.1) is 0 Å². The molecule has 0 radical (unpaired) electrons. The van der Waals surface area contributed by atoms with E-state index in [1.807, 2.05) is 20.8 Å². The molecule has 0 saturated heterocycles. The third-order valence-electron chi connectivity index (χ3n) is 2.36. The molecule has 0 aromatic carbocycles. The molecule has 0 spiro atoms. The summed E-state index contributed by atoms with van der Waals surface area (Å²) in [6.07, 6.45) is 2.90. The number of hydrogen-bond donors (Lipinski definition) is 0. The first-order valence-corrected chi connectivity index (χ1v) is 9.17. The summed E-state index contributed by atoms with van der Waals surface area (Å²) in [5.74, 6) is 0.676. The summed E-state index contributed by atoms with van der Waals surface area (Å²) in [6.45, 7) is 11.5. The van der Waals surface area contributed by atoms with Gasteiger partial charge in [-0.05, 0) is 45.3 Å². The maximum absolute atomic E-state index is 5.74. The van der Waals surface area contributed by atoms with E-state index < -0.39 is 9.05 Å². The van der Waals surface area contributed by atoms with Crippen LogP contribution in [0.5, 0.6) is 0 Å². The zero-order valence-electron chi connectivity index (χ0n) is 12.9. The first-order chi connectivity index (χ1) is 8.99. The maximum Gasteiger partial charge on any atom is 0.750 e. The molecule has 6 heteroatoms. The molecule has 0 aromatic heterocycles. The Morgan fingerprint density at radius 2 is 1.47 bits per heavy atom. The fraction of sp³-hybridized carbons (Fsp3) is 0.923. The van der Waals surface area contributed by atoms with Gasteiger partial charge in [0.05, 0.1) is 0 Å². The molecule has 19 heavy (non-hydrogen) atoms. The predicted octanol–water partition coefficient (Wildman–Crippen LogP) is 3.70. The Kier molecular flexibility index (Phi) is 10.7. The van der Waals surface area contributed by atoms with Crippen LogP contribution in [0.15, 0.2) is 0 Å². The Morgan fingerprint density at radius 3 is 1.84 bits per heavy atom. The zero-order chi connectivity index (χ0) is 14.7. The lowest BCUT2D eigenvalue weighted by Crippen LogP contribution is -2.50. The van der Waals surface area contributed by atoms with Crippen molar-refractivity contribution in [2.45, 2.75) is 53.9 Å². The van der Waals surface area contributed by atoms with Gasteiger partial charge in [0.2, 0.25) is 0 Å². The number of rotatable bonds is 11. The molecule has 0 heterocycles. The van der Waals surface area contributed by atoms with Crippen LogP contribution in [0.1, 0.15) is 53.9 Å². The van der Waals surface area contributed by atoms with Gasteiger partial charge >= 0.3 is 9.05 Å². The lowest BCUT2D eigenvalue weighted by atomic mass is 10.1. The van der Waals surface area contributed by atoms with Crippen molar-refractivity contribution in [1.29, 1.82) is 0 Å². The molecule has 0 amide bonds. The summed E-state index contributed by atoms with van der Waals surface area (Å²) in [5, 5.41) is 0.530. The van der Waals surface area contributed by atoms with Crippen molar-refractivity contribution in [3.8, 4) is 0 Å². The topological polar surface area (TPSA) is 36.9 Å². The molecule has 0 saturated carbocycles. The van der Waals surface area contributed by atoms with Crippen molar-refractivity contribution in [2.24, 2.45) is 5.92 Å². The Bertz CT molecular complexity index is 232. The molecule has 0 unspecified atom stereocenters. The van der Waals surface area contributed by atoms with Gasteiger partial charge in [-0.3, -0.25) is 0 Å². The second-order valence-electron chi connectivity index (χ2n) is 4.56. The van der Waals surface area contributed by atoms with Crippen LogP contribution in [0, 0.1) is 5.92 Å². The predicted molar refractivity (Wildman–Crippen MR) is 83.0 cm³/mol. The van der Waals surface area contributed by atoms with Crippen molar-refractivity contribution in [3.05, 3.63) is 0 Å². The molecule has 0 bridgehead atoms. The third kappa shape index (κ3) is 8.70. The maximum atomic E-state index is 5.74. The van der Waals surface area contributed by atoms with Crippen LogP contribution in [-0.4, -0.2) is 33.9 Å². The quantitative estimate of drug-likeness (QED) is 0.430. The normalized spacial score (nSPS) is 11.9. The van der Waals surface area contributed by atoms with Gasteiger partial charge in [-0.1, -0.05) is 20.3 Å². The largest absolute Gasteiger partial charge is 0.750 e. The van der Waals surface area contributed by atoms with Crippen LogP contribution < -0.4 is 0 Å². The van der Waals surface area contributed by atoms with E-state index in [1.165, 1.54) is 0 Å². The molecule has 0 rings (SSSR count). The van der Waals surface area contributed by atoms with Crippen LogP contribution in [0.4, 0.5) is 0 Å². The SMILES string of the molecule is CCO[Si](OCC)(OCC)OC(=S)CCCC(C)C. The van der Waals surface area contributed by atoms with E-state index in [0.29, 0.717) is 30.8 Å². The van der Waals surface area contributed by atoms with E-state index in [4.69, 9.17) is 29.9 Å². The van der Waals surface area contributed by atoms with Crippen molar-refractivity contribution in [1.82, 2.24) is 0 Å². The molecular weight excluding hydrogens is 280 g/mol. The third-order valence-corrected chi connectivity index (χ3v) is 5.22. The molecule has 0 aromatic rings. The minimum atomic E-state index is -3.08. The lowest BCUT2D eigenvalue weighted by molar-refractivity contribution is 0.00609. The molecule has 0 aliphatic carbocycles. The van der Waals surface area contributed by atoms with Gasteiger partial charge in [0, 0.05) is 26.2 Å². The molecule has 0 fully saturated rings. The van der Waals surface area contributed by atoms with Gasteiger partial charge in [0.1, 0.15) is 0 Å². The van der Waals surface area contributed by atoms with Crippen molar-refractivity contribution in [3.63, 3.8) is 0 Å². The summed E-state index contributed by atoms with van der Waals surface area (Å²) in [5.41, 5.74) is 0. The zero-order valence-corrected chi connectivity index (χ0v) is 14.7. The summed E-state index contributed by atoms with van der Waals surface area (Å²) >= 11 is 5.27. The number of hydrogen-bond acceptors (Lipinski definition) is 5. The van der Waals surface area contributed by atoms with E-state index >= 15 is 0 Å². The molecular formula is C13H28O4SSi. The van der Waals surface area contributed by atoms with E-state index in [-0.39, 0.29) is 0 Å². The second kappa shape index (κ2) is 10.7. The Morgan fingerprint density at radius 1 is 1.00 bits per heavy atom. The molecule has 0 atom stereocenters. The molecule has 0 aliphatic heterocycles. The van der Waals surface area contributed by atoms with Crippen LogP contribution in [-0.2, 0) is 17.7 Å². The van der Waals surface area contributed by atoms with Crippen LogP contribution in [0.3, 0.4) is 0 Å². The van der Waals surface area contributed by atoms with E-state index in [2.05, 4.69) is 13.8 Å². The van der Waals surface area contributed by atoms with E-state index in [0.717, 1.165) is 19.3 Å². The Balaban J connectivity index is 4.39.